The van der Waals surface area contributed by atoms with Crippen molar-refractivity contribution in [3.63, 3.8) is 0 Å². The highest BCUT2D eigenvalue weighted by molar-refractivity contribution is 7.79. The van der Waals surface area contributed by atoms with Crippen LogP contribution in [0.1, 0.15) is 6.92 Å². The van der Waals surface area contributed by atoms with Gasteiger partial charge >= 0.3 is 0 Å². The smallest absolute Gasteiger partial charge is 0.167 e. The van der Waals surface area contributed by atoms with E-state index in [4.69, 9.17) is 4.55 Å². The van der Waals surface area contributed by atoms with Gasteiger partial charge in [-0.05, 0) is 6.54 Å². The van der Waals surface area contributed by atoms with Crippen LogP contribution in [0.4, 0.5) is 0 Å². The first kappa shape index (κ1) is 7.07. The van der Waals surface area contributed by atoms with Crippen molar-refractivity contribution >= 4 is 11.1 Å². The van der Waals surface area contributed by atoms with Gasteiger partial charge in [0.1, 0.15) is 0 Å². The first-order valence-corrected chi connectivity index (χ1v) is 3.33. The lowest BCUT2D eigenvalue weighted by Gasteiger charge is -1.91. The average molecular weight is 123 g/mol. The first-order chi connectivity index (χ1) is 3.27. The van der Waals surface area contributed by atoms with Crippen LogP contribution in [0.15, 0.2) is 0 Å². The predicted molar refractivity (Wildman–Crippen MR) is 29.3 cm³/mol. The molecule has 44 valence electrons. The summed E-state index contributed by atoms with van der Waals surface area (Å²) in [6.45, 7) is 2.62. The van der Waals surface area contributed by atoms with Crippen molar-refractivity contribution < 1.29 is 8.76 Å². The van der Waals surface area contributed by atoms with Crippen LogP contribution in [0.3, 0.4) is 0 Å². The molecule has 0 saturated carbocycles. The van der Waals surface area contributed by atoms with Gasteiger partial charge in [0.2, 0.25) is 0 Å². The maximum absolute atomic E-state index is 9.81. The average Bonchev–Trinajstić information content (AvgIpc) is 1.61. The van der Waals surface area contributed by atoms with Crippen LogP contribution in [0.25, 0.3) is 0 Å². The van der Waals surface area contributed by atoms with Crippen LogP contribution in [0.2, 0.25) is 0 Å². The zero-order valence-corrected chi connectivity index (χ0v) is 4.99. The summed E-state index contributed by atoms with van der Waals surface area (Å²) in [5.74, 6) is 0.177. The molecule has 0 spiro atoms. The third-order valence-corrected chi connectivity index (χ3v) is 0.927. The maximum atomic E-state index is 9.81. The van der Waals surface area contributed by atoms with E-state index >= 15 is 0 Å². The van der Waals surface area contributed by atoms with E-state index < -0.39 is 11.1 Å². The molecule has 1 unspecified atom stereocenters. The Kier molecular flexibility index (Phi) is 4.28. The first-order valence-electron chi connectivity index (χ1n) is 2.05. The third-order valence-electron chi connectivity index (χ3n) is 0.476. The molecule has 0 radical (unpaired) electrons. The minimum Gasteiger partial charge on any atom is -0.305 e. The fraction of sp³-hybridized carbons (Fsp3) is 1.00. The fourth-order valence-electron chi connectivity index (χ4n) is 0.189. The molecular formula is C3H9NO2S. The summed E-state index contributed by atoms with van der Waals surface area (Å²) in [5.41, 5.74) is 0. The molecule has 0 aromatic rings. The lowest BCUT2D eigenvalue weighted by Crippen LogP contribution is -2.17. The van der Waals surface area contributed by atoms with Gasteiger partial charge in [-0.2, -0.15) is 0 Å². The lowest BCUT2D eigenvalue weighted by atomic mass is 10.8. The fourth-order valence-corrected chi connectivity index (χ4v) is 0.568. The summed E-state index contributed by atoms with van der Waals surface area (Å²) in [7, 11) is 0. The number of rotatable bonds is 3. The highest BCUT2D eigenvalue weighted by atomic mass is 32.2. The van der Waals surface area contributed by atoms with Crippen LogP contribution < -0.4 is 5.32 Å². The van der Waals surface area contributed by atoms with E-state index in [9.17, 15) is 4.21 Å². The second-order valence-electron chi connectivity index (χ2n) is 1.07. The number of hydrogen-bond donors (Lipinski definition) is 2. The summed E-state index contributed by atoms with van der Waals surface area (Å²) in [6.07, 6.45) is 0. The lowest BCUT2D eigenvalue weighted by molar-refractivity contribution is 0.557. The van der Waals surface area contributed by atoms with Gasteiger partial charge in [-0.15, -0.1) is 0 Å². The Morgan fingerprint density at radius 2 is 2.43 bits per heavy atom. The predicted octanol–water partition coefficient (Wildman–Crippen LogP) is -0.225. The molecule has 0 aromatic carbocycles. The largest absolute Gasteiger partial charge is 0.305 e. The highest BCUT2D eigenvalue weighted by Gasteiger charge is 1.85. The molecule has 0 heterocycles. The van der Waals surface area contributed by atoms with E-state index in [-0.39, 0.29) is 5.88 Å². The third kappa shape index (κ3) is 6.07. The molecule has 0 aromatic heterocycles. The zero-order chi connectivity index (χ0) is 5.70. The molecule has 3 nitrogen and oxygen atoms in total. The molecule has 0 aliphatic carbocycles. The molecule has 0 aliphatic heterocycles. The summed E-state index contributed by atoms with van der Waals surface area (Å²) in [5, 5.41) is 2.70. The molecule has 0 rings (SSSR count). The van der Waals surface area contributed by atoms with E-state index in [1.807, 2.05) is 6.92 Å². The second-order valence-corrected chi connectivity index (χ2v) is 2.00. The maximum Gasteiger partial charge on any atom is 0.167 e. The molecule has 1 atom stereocenters. The van der Waals surface area contributed by atoms with E-state index in [0.29, 0.717) is 0 Å². The van der Waals surface area contributed by atoms with Gasteiger partial charge in [0, 0.05) is 0 Å². The van der Waals surface area contributed by atoms with Crippen LogP contribution in [-0.4, -0.2) is 21.2 Å². The van der Waals surface area contributed by atoms with Crippen LogP contribution in [0, 0.1) is 0 Å². The Hall–Kier alpha value is 0.0700. The Bertz CT molecular complexity index is 66.0. The van der Waals surface area contributed by atoms with E-state index in [0.717, 1.165) is 6.54 Å². The van der Waals surface area contributed by atoms with E-state index in [1.54, 1.807) is 0 Å². The Labute approximate surface area is 45.4 Å². The minimum atomic E-state index is -1.68. The monoisotopic (exact) mass is 123 g/mol. The van der Waals surface area contributed by atoms with Crippen molar-refractivity contribution in [1.82, 2.24) is 5.32 Å². The quantitative estimate of drug-likeness (QED) is 0.510. The molecule has 2 N–H and O–H groups in total. The zero-order valence-electron chi connectivity index (χ0n) is 4.18. The van der Waals surface area contributed by atoms with Crippen LogP contribution >= 0.6 is 0 Å². The Morgan fingerprint density at radius 1 is 1.86 bits per heavy atom. The minimum absolute atomic E-state index is 0.177. The van der Waals surface area contributed by atoms with Crippen molar-refractivity contribution in [1.29, 1.82) is 0 Å². The van der Waals surface area contributed by atoms with Gasteiger partial charge in [-0.1, -0.05) is 6.92 Å². The van der Waals surface area contributed by atoms with Gasteiger partial charge in [0.15, 0.2) is 11.1 Å². The number of nitrogens with one attached hydrogen (secondary N) is 1. The van der Waals surface area contributed by atoms with Gasteiger partial charge in [-0.25, -0.2) is 4.21 Å². The molecule has 0 saturated heterocycles. The summed E-state index contributed by atoms with van der Waals surface area (Å²) < 4.78 is 17.9. The van der Waals surface area contributed by atoms with Gasteiger partial charge < -0.3 is 9.87 Å². The van der Waals surface area contributed by atoms with Crippen molar-refractivity contribution in [2.75, 3.05) is 12.4 Å². The number of hydrogen-bond acceptors (Lipinski definition) is 2. The molecule has 0 amide bonds. The molecule has 0 aliphatic rings. The standard InChI is InChI=1S/C3H9NO2S/c1-2-4-3-7(5)6/h4H,2-3H2,1H3,(H,5,6). The summed E-state index contributed by atoms with van der Waals surface area (Å²) in [6, 6.07) is 0. The topological polar surface area (TPSA) is 49.3 Å². The van der Waals surface area contributed by atoms with Gasteiger partial charge in [0.25, 0.3) is 0 Å². The summed E-state index contributed by atoms with van der Waals surface area (Å²) in [4.78, 5) is 0. The van der Waals surface area contributed by atoms with Gasteiger partial charge in [-0.3, -0.25) is 0 Å². The van der Waals surface area contributed by atoms with E-state index in [2.05, 4.69) is 5.32 Å². The highest BCUT2D eigenvalue weighted by Crippen LogP contribution is 1.64. The Balaban J connectivity index is 2.82. The second kappa shape index (κ2) is 4.23. The molecule has 4 heteroatoms. The van der Waals surface area contributed by atoms with Crippen molar-refractivity contribution in [3.05, 3.63) is 0 Å². The molecule has 0 bridgehead atoms. The molecule has 7 heavy (non-hydrogen) atoms. The molecule has 0 fully saturated rings. The summed E-state index contributed by atoms with van der Waals surface area (Å²) >= 11 is -1.68. The normalized spacial score (nSPS) is 14.0. The molecular weight excluding hydrogens is 114 g/mol. The van der Waals surface area contributed by atoms with Crippen molar-refractivity contribution in [2.24, 2.45) is 0 Å². The van der Waals surface area contributed by atoms with Crippen LogP contribution in [-0.2, 0) is 11.1 Å². The van der Waals surface area contributed by atoms with Gasteiger partial charge in [0.05, 0.1) is 5.88 Å². The SMILES string of the molecule is CCNCS(=O)O. The van der Waals surface area contributed by atoms with Crippen molar-refractivity contribution in [2.45, 2.75) is 6.92 Å². The van der Waals surface area contributed by atoms with Crippen LogP contribution in [0.5, 0.6) is 0 Å². The Morgan fingerprint density at radius 3 is 2.57 bits per heavy atom. The van der Waals surface area contributed by atoms with E-state index in [1.165, 1.54) is 0 Å². The van der Waals surface area contributed by atoms with Crippen molar-refractivity contribution in [3.8, 4) is 0 Å².